The number of ether oxygens (including phenoxy) is 1. The molecule has 7 nitrogen and oxygen atoms in total. The molecule has 0 aliphatic carbocycles. The first-order valence-corrected chi connectivity index (χ1v) is 9.44. The van der Waals surface area contributed by atoms with E-state index in [0.717, 1.165) is 10.5 Å². The average Bonchev–Trinajstić information content (AvgIpc) is 3.18. The number of H-pyrrole nitrogens is 1. The number of fused-ring (bicyclic) bond motifs is 2. The maximum atomic E-state index is 13.8. The van der Waals surface area contributed by atoms with Crippen LogP contribution in [0, 0.1) is 6.92 Å². The van der Waals surface area contributed by atoms with E-state index in [-0.39, 0.29) is 12.4 Å². The molecule has 4 heterocycles. The third kappa shape index (κ3) is 3.76. The Hall–Kier alpha value is -3.10. The Morgan fingerprint density at radius 1 is 1.34 bits per heavy atom. The Morgan fingerprint density at radius 3 is 2.79 bits per heavy atom. The van der Waals surface area contributed by atoms with Gasteiger partial charge < -0.3 is 14.6 Å². The summed E-state index contributed by atoms with van der Waals surface area (Å²) >= 11 is 0. The summed E-state index contributed by atoms with van der Waals surface area (Å²) in [6, 6.07) is 3.54. The van der Waals surface area contributed by atoms with Gasteiger partial charge in [0.15, 0.2) is 11.5 Å². The lowest BCUT2D eigenvalue weighted by atomic mass is 9.97. The predicted octanol–water partition coefficient (Wildman–Crippen LogP) is 3.70. The van der Waals surface area contributed by atoms with Crippen LogP contribution in [0.5, 0.6) is 5.88 Å². The molecule has 154 valence electrons. The SMILES string of the molecule is CC.COc1cc(C)c2[nH]c(C(=O)N3CCc4ncccc4C3C(F)F)nc2n1. The average molecular weight is 403 g/mol. The fourth-order valence-electron chi connectivity index (χ4n) is 3.42. The van der Waals surface area contributed by atoms with Gasteiger partial charge in [-0.1, -0.05) is 19.9 Å². The molecule has 29 heavy (non-hydrogen) atoms. The molecule has 3 aromatic rings. The molecule has 0 saturated carbocycles. The van der Waals surface area contributed by atoms with Crippen LogP contribution in [0.15, 0.2) is 24.4 Å². The molecule has 1 amide bonds. The second-order valence-electron chi connectivity index (χ2n) is 6.33. The Balaban J connectivity index is 0.00000117. The maximum absolute atomic E-state index is 13.8. The lowest BCUT2D eigenvalue weighted by molar-refractivity contribution is 0.0154. The third-order valence-corrected chi connectivity index (χ3v) is 4.72. The number of alkyl halides is 2. The van der Waals surface area contributed by atoms with Gasteiger partial charge in [-0.15, -0.1) is 0 Å². The number of hydrogen-bond acceptors (Lipinski definition) is 5. The number of rotatable bonds is 3. The molecule has 1 aliphatic heterocycles. The molecule has 3 aromatic heterocycles. The van der Waals surface area contributed by atoms with Gasteiger partial charge in [-0.3, -0.25) is 9.78 Å². The maximum Gasteiger partial charge on any atom is 0.290 e. The van der Waals surface area contributed by atoms with E-state index in [4.69, 9.17) is 4.74 Å². The summed E-state index contributed by atoms with van der Waals surface area (Å²) in [6.45, 7) is 5.97. The van der Waals surface area contributed by atoms with Crippen molar-refractivity contribution in [3.05, 3.63) is 47.0 Å². The van der Waals surface area contributed by atoms with Crippen molar-refractivity contribution in [3.8, 4) is 5.88 Å². The van der Waals surface area contributed by atoms with Crippen molar-refractivity contribution in [3.63, 3.8) is 0 Å². The van der Waals surface area contributed by atoms with Crippen molar-refractivity contribution >= 4 is 17.1 Å². The normalized spacial score (nSPS) is 15.7. The van der Waals surface area contributed by atoms with Gasteiger partial charge in [0.2, 0.25) is 5.88 Å². The number of carbonyl (C=O) groups excluding carboxylic acids is 1. The minimum Gasteiger partial charge on any atom is -0.481 e. The molecule has 0 bridgehead atoms. The number of nitrogens with zero attached hydrogens (tertiary/aromatic N) is 4. The molecule has 1 aliphatic rings. The molecule has 0 saturated heterocycles. The molecule has 9 heteroatoms. The van der Waals surface area contributed by atoms with E-state index in [9.17, 15) is 13.6 Å². The summed E-state index contributed by atoms with van der Waals surface area (Å²) in [4.78, 5) is 29.6. The fraction of sp³-hybridized carbons (Fsp3) is 0.400. The summed E-state index contributed by atoms with van der Waals surface area (Å²) < 4.78 is 32.7. The minimum absolute atomic E-state index is 0.0214. The van der Waals surface area contributed by atoms with Crippen molar-refractivity contribution in [2.75, 3.05) is 13.7 Å². The number of pyridine rings is 2. The van der Waals surface area contributed by atoms with E-state index in [0.29, 0.717) is 34.7 Å². The first-order valence-electron chi connectivity index (χ1n) is 9.44. The van der Waals surface area contributed by atoms with E-state index in [1.165, 1.54) is 7.11 Å². The zero-order valence-electron chi connectivity index (χ0n) is 16.7. The molecule has 1 atom stereocenters. The Morgan fingerprint density at radius 2 is 2.10 bits per heavy atom. The molecule has 0 aromatic carbocycles. The molecule has 4 rings (SSSR count). The van der Waals surface area contributed by atoms with Crippen LogP contribution in [0.1, 0.15) is 47.3 Å². The molecule has 1 unspecified atom stereocenters. The highest BCUT2D eigenvalue weighted by atomic mass is 19.3. The van der Waals surface area contributed by atoms with Gasteiger partial charge in [-0.2, -0.15) is 4.98 Å². The van der Waals surface area contributed by atoms with E-state index in [1.54, 1.807) is 24.4 Å². The number of carbonyl (C=O) groups is 1. The van der Waals surface area contributed by atoms with Crippen LogP contribution in [-0.2, 0) is 6.42 Å². The summed E-state index contributed by atoms with van der Waals surface area (Å²) in [7, 11) is 1.48. The van der Waals surface area contributed by atoms with Crippen LogP contribution in [-0.4, -0.2) is 50.8 Å². The second kappa shape index (κ2) is 8.50. The van der Waals surface area contributed by atoms with Crippen molar-refractivity contribution in [2.24, 2.45) is 0 Å². The molecule has 0 spiro atoms. The van der Waals surface area contributed by atoms with Crippen molar-refractivity contribution in [1.29, 1.82) is 0 Å². The molecule has 0 fully saturated rings. The Labute approximate surface area is 167 Å². The topological polar surface area (TPSA) is 84.0 Å². The van der Waals surface area contributed by atoms with Crippen LogP contribution >= 0.6 is 0 Å². The zero-order valence-corrected chi connectivity index (χ0v) is 16.7. The zero-order chi connectivity index (χ0) is 21.1. The van der Waals surface area contributed by atoms with Crippen molar-refractivity contribution < 1.29 is 18.3 Å². The van der Waals surface area contributed by atoms with E-state index < -0.39 is 18.4 Å². The van der Waals surface area contributed by atoms with Gasteiger partial charge in [0, 0.05) is 36.5 Å². The molecular weight excluding hydrogens is 380 g/mol. The minimum atomic E-state index is -2.73. The summed E-state index contributed by atoms with van der Waals surface area (Å²) in [6.07, 6.45) is -0.752. The quantitative estimate of drug-likeness (QED) is 0.721. The molecule has 1 N–H and O–H groups in total. The lowest BCUT2D eigenvalue weighted by Crippen LogP contribution is -2.43. The smallest absolute Gasteiger partial charge is 0.290 e. The molecular formula is C20H23F2N5O2. The van der Waals surface area contributed by atoms with Crippen LogP contribution in [0.3, 0.4) is 0 Å². The van der Waals surface area contributed by atoms with Gasteiger partial charge in [0.25, 0.3) is 12.3 Å². The highest BCUT2D eigenvalue weighted by Gasteiger charge is 2.38. The van der Waals surface area contributed by atoms with Crippen LogP contribution in [0.4, 0.5) is 8.78 Å². The van der Waals surface area contributed by atoms with Gasteiger partial charge in [-0.05, 0) is 18.6 Å². The summed E-state index contributed by atoms with van der Waals surface area (Å²) in [5, 5.41) is 0. The number of aryl methyl sites for hydroxylation is 1. The standard InChI is InChI=1S/C18H17F2N5O2.C2H6/c1-9-8-12(27-2)22-16-13(9)23-17(24-16)18(26)25-7-5-11-10(4-3-6-21-11)14(25)15(19)20;1-2/h3-4,6,8,14-15H,5,7H2,1-2H3,(H,22,23,24);1-2H3. The number of nitrogens with one attached hydrogen (secondary N) is 1. The largest absolute Gasteiger partial charge is 0.481 e. The highest BCUT2D eigenvalue weighted by Crippen LogP contribution is 2.34. The Kier molecular flexibility index (Phi) is 6.05. The number of aromatic nitrogens is 4. The monoisotopic (exact) mass is 403 g/mol. The molecule has 0 radical (unpaired) electrons. The van der Waals surface area contributed by atoms with Crippen LogP contribution in [0.2, 0.25) is 0 Å². The predicted molar refractivity (Wildman–Crippen MR) is 104 cm³/mol. The Bertz CT molecular complexity index is 1020. The number of imidazole rings is 1. The van der Waals surface area contributed by atoms with Crippen molar-refractivity contribution in [2.45, 2.75) is 39.7 Å². The number of amides is 1. The van der Waals surface area contributed by atoms with E-state index >= 15 is 0 Å². The van der Waals surface area contributed by atoms with E-state index in [2.05, 4.69) is 19.9 Å². The number of aromatic amines is 1. The second-order valence-corrected chi connectivity index (χ2v) is 6.33. The van der Waals surface area contributed by atoms with Gasteiger partial charge >= 0.3 is 0 Å². The van der Waals surface area contributed by atoms with Gasteiger partial charge in [0.1, 0.15) is 6.04 Å². The van der Waals surface area contributed by atoms with Crippen LogP contribution in [0.25, 0.3) is 11.2 Å². The summed E-state index contributed by atoms with van der Waals surface area (Å²) in [5.74, 6) is -0.244. The number of hydrogen-bond donors (Lipinski definition) is 1. The third-order valence-electron chi connectivity index (χ3n) is 4.72. The highest BCUT2D eigenvalue weighted by molar-refractivity contribution is 5.94. The van der Waals surface area contributed by atoms with E-state index in [1.807, 2.05) is 20.8 Å². The number of methoxy groups -OCH3 is 1. The first-order chi connectivity index (χ1) is 14.0. The lowest BCUT2D eigenvalue weighted by Gasteiger charge is -2.35. The fourth-order valence-corrected chi connectivity index (χ4v) is 3.42. The summed E-state index contributed by atoms with van der Waals surface area (Å²) in [5.41, 5.74) is 2.65. The van der Waals surface area contributed by atoms with Crippen molar-refractivity contribution in [1.82, 2.24) is 24.8 Å². The first kappa shape index (κ1) is 20.6. The number of halogens is 2. The van der Waals surface area contributed by atoms with Gasteiger partial charge in [-0.25, -0.2) is 13.8 Å². The van der Waals surface area contributed by atoms with Crippen LogP contribution < -0.4 is 4.74 Å². The van der Waals surface area contributed by atoms with Gasteiger partial charge in [0.05, 0.1) is 12.6 Å².